The van der Waals surface area contributed by atoms with Crippen LogP contribution < -0.4 is 10.5 Å². The van der Waals surface area contributed by atoms with Gasteiger partial charge in [0.15, 0.2) is 5.65 Å². The highest BCUT2D eigenvalue weighted by molar-refractivity contribution is 6.00. The third kappa shape index (κ3) is 3.34. The average molecular weight is 412 g/mol. The number of pyridine rings is 1. The second-order valence-corrected chi connectivity index (χ2v) is 8.18. The van der Waals surface area contributed by atoms with E-state index < -0.39 is 0 Å². The van der Waals surface area contributed by atoms with Crippen LogP contribution in [0.2, 0.25) is 0 Å². The normalized spacial score (nSPS) is 16.8. The summed E-state index contributed by atoms with van der Waals surface area (Å²) in [4.78, 5) is 35.2. The zero-order valence-electron chi connectivity index (χ0n) is 17.7. The lowest BCUT2D eigenvalue weighted by Crippen LogP contribution is -2.53. The fraction of sp³-hybridized carbons (Fsp3) is 0.240. The largest absolute Gasteiger partial charge is 0.365 e. The Balaban J connectivity index is 1.47. The van der Waals surface area contributed by atoms with E-state index in [0.717, 1.165) is 6.54 Å². The summed E-state index contributed by atoms with van der Waals surface area (Å²) in [6.45, 7) is 6.22. The Morgan fingerprint density at radius 1 is 1.00 bits per heavy atom. The molecule has 1 atom stereocenters. The molecule has 31 heavy (non-hydrogen) atoms. The van der Waals surface area contributed by atoms with Crippen molar-refractivity contribution in [1.82, 2.24) is 14.3 Å². The molecule has 0 saturated carbocycles. The smallest absolute Gasteiger partial charge is 0.265 e. The fourth-order valence-corrected chi connectivity index (χ4v) is 4.37. The molecule has 2 aromatic carbocycles. The quantitative estimate of drug-likeness (QED) is 0.473. The molecule has 3 heterocycles. The van der Waals surface area contributed by atoms with Crippen molar-refractivity contribution >= 4 is 28.1 Å². The topological polar surface area (TPSA) is 57.9 Å². The maximum absolute atomic E-state index is 13.4. The minimum absolute atomic E-state index is 0.0873. The van der Waals surface area contributed by atoms with E-state index in [1.807, 2.05) is 17.0 Å². The number of aromatic nitrogens is 2. The van der Waals surface area contributed by atoms with Crippen LogP contribution in [0.1, 0.15) is 22.8 Å². The summed E-state index contributed by atoms with van der Waals surface area (Å²) in [6.07, 6.45) is 1.67. The van der Waals surface area contributed by atoms with Gasteiger partial charge in [-0.2, -0.15) is 0 Å². The van der Waals surface area contributed by atoms with Crippen molar-refractivity contribution in [3.63, 3.8) is 0 Å². The molecule has 0 bridgehead atoms. The zero-order valence-corrected chi connectivity index (χ0v) is 17.7. The molecule has 2 aromatic heterocycles. The molecule has 0 N–H and O–H groups in total. The van der Waals surface area contributed by atoms with Crippen LogP contribution in [-0.4, -0.2) is 45.9 Å². The SMILES string of the molecule is Cc1ccc(N2CCN(C(=O)c3cccn4c(=O)c5ccccc5nc34)CC2C)cc1. The summed E-state index contributed by atoms with van der Waals surface area (Å²) in [5.41, 5.74) is 3.72. The third-order valence-corrected chi connectivity index (χ3v) is 6.06. The third-order valence-electron chi connectivity index (χ3n) is 6.06. The number of hydrogen-bond acceptors (Lipinski definition) is 4. The number of carbonyl (C=O) groups is 1. The van der Waals surface area contributed by atoms with Crippen LogP contribution in [0.15, 0.2) is 71.7 Å². The van der Waals surface area contributed by atoms with Gasteiger partial charge in [-0.25, -0.2) is 4.98 Å². The molecular formula is C25H24N4O2. The van der Waals surface area contributed by atoms with Crippen molar-refractivity contribution in [2.45, 2.75) is 19.9 Å². The van der Waals surface area contributed by atoms with Crippen molar-refractivity contribution in [2.75, 3.05) is 24.5 Å². The summed E-state index contributed by atoms with van der Waals surface area (Å²) in [5.74, 6) is -0.0873. The summed E-state index contributed by atoms with van der Waals surface area (Å²) in [5, 5.41) is 0.546. The number of rotatable bonds is 2. The minimum atomic E-state index is -0.159. The Bertz CT molecular complexity index is 1340. The average Bonchev–Trinajstić information content (AvgIpc) is 2.79. The van der Waals surface area contributed by atoms with Gasteiger partial charge in [0.1, 0.15) is 0 Å². The van der Waals surface area contributed by atoms with Gasteiger partial charge < -0.3 is 9.80 Å². The number of para-hydroxylation sites is 1. The molecule has 0 aliphatic carbocycles. The van der Waals surface area contributed by atoms with Gasteiger partial charge in [-0.1, -0.05) is 29.8 Å². The van der Waals surface area contributed by atoms with Crippen LogP contribution in [0, 0.1) is 6.92 Å². The Hall–Kier alpha value is -3.67. The van der Waals surface area contributed by atoms with Crippen molar-refractivity contribution in [3.05, 3.63) is 88.3 Å². The standard InChI is InChI=1S/C25H24N4O2/c1-17-9-11-19(12-10-17)28-15-14-27(16-18(28)2)24(30)21-7-5-13-29-23(21)26-22-8-4-3-6-20(22)25(29)31/h3-13,18H,14-16H2,1-2H3. The molecule has 4 aromatic rings. The van der Waals surface area contributed by atoms with E-state index in [-0.39, 0.29) is 17.5 Å². The Morgan fingerprint density at radius 3 is 2.55 bits per heavy atom. The highest BCUT2D eigenvalue weighted by Crippen LogP contribution is 2.23. The zero-order chi connectivity index (χ0) is 21.5. The summed E-state index contributed by atoms with van der Waals surface area (Å²) in [7, 11) is 0. The molecule has 0 radical (unpaired) electrons. The lowest BCUT2D eigenvalue weighted by Gasteiger charge is -2.41. The molecule has 0 spiro atoms. The van der Waals surface area contributed by atoms with Crippen LogP contribution in [0.4, 0.5) is 5.69 Å². The molecule has 1 aliphatic rings. The van der Waals surface area contributed by atoms with Crippen LogP contribution >= 0.6 is 0 Å². The van der Waals surface area contributed by atoms with Gasteiger partial charge in [-0.05, 0) is 50.2 Å². The second-order valence-electron chi connectivity index (χ2n) is 8.18. The molecule has 156 valence electrons. The van der Waals surface area contributed by atoms with E-state index in [9.17, 15) is 9.59 Å². The lowest BCUT2D eigenvalue weighted by molar-refractivity contribution is 0.0727. The maximum Gasteiger partial charge on any atom is 0.265 e. The molecule has 1 saturated heterocycles. The van der Waals surface area contributed by atoms with Gasteiger partial charge in [-0.3, -0.25) is 14.0 Å². The molecule has 1 aliphatic heterocycles. The van der Waals surface area contributed by atoms with Gasteiger partial charge in [0.2, 0.25) is 0 Å². The molecule has 6 nitrogen and oxygen atoms in total. The van der Waals surface area contributed by atoms with Crippen molar-refractivity contribution in [2.24, 2.45) is 0 Å². The van der Waals surface area contributed by atoms with Gasteiger partial charge in [-0.15, -0.1) is 0 Å². The molecule has 1 unspecified atom stereocenters. The number of amides is 1. The van der Waals surface area contributed by atoms with Crippen LogP contribution in [0.3, 0.4) is 0 Å². The molecule has 1 amide bonds. The predicted octanol–water partition coefficient (Wildman–Crippen LogP) is 3.51. The number of nitrogens with zero attached hydrogens (tertiary/aromatic N) is 4. The van der Waals surface area contributed by atoms with Crippen LogP contribution in [-0.2, 0) is 0 Å². The number of fused-ring (bicyclic) bond motifs is 2. The number of anilines is 1. The monoisotopic (exact) mass is 412 g/mol. The molecule has 6 heteroatoms. The summed E-state index contributed by atoms with van der Waals surface area (Å²) >= 11 is 0. The van der Waals surface area contributed by atoms with E-state index >= 15 is 0 Å². The maximum atomic E-state index is 13.4. The van der Waals surface area contributed by atoms with Crippen molar-refractivity contribution in [1.29, 1.82) is 0 Å². The van der Waals surface area contributed by atoms with Crippen molar-refractivity contribution < 1.29 is 4.79 Å². The summed E-state index contributed by atoms with van der Waals surface area (Å²) in [6, 6.07) is 19.4. The number of benzene rings is 2. The van der Waals surface area contributed by atoms with Crippen LogP contribution in [0.25, 0.3) is 16.6 Å². The van der Waals surface area contributed by atoms with E-state index in [0.29, 0.717) is 35.2 Å². The Labute approximate surface area is 180 Å². The van der Waals surface area contributed by atoms with E-state index in [2.05, 4.69) is 48.0 Å². The predicted molar refractivity (Wildman–Crippen MR) is 123 cm³/mol. The second kappa shape index (κ2) is 7.54. The number of carbonyl (C=O) groups excluding carboxylic acids is 1. The first-order valence-electron chi connectivity index (χ1n) is 10.6. The lowest BCUT2D eigenvalue weighted by atomic mass is 10.1. The first kappa shape index (κ1) is 19.3. The highest BCUT2D eigenvalue weighted by Gasteiger charge is 2.28. The molecule has 1 fully saturated rings. The van der Waals surface area contributed by atoms with E-state index in [4.69, 9.17) is 0 Å². The van der Waals surface area contributed by atoms with E-state index in [1.165, 1.54) is 15.7 Å². The Morgan fingerprint density at radius 2 is 1.77 bits per heavy atom. The number of aryl methyl sites for hydroxylation is 1. The molecular weight excluding hydrogens is 388 g/mol. The van der Waals surface area contributed by atoms with Gasteiger partial charge in [0.25, 0.3) is 11.5 Å². The van der Waals surface area contributed by atoms with Gasteiger partial charge in [0, 0.05) is 37.6 Å². The Kier molecular flexibility index (Phi) is 4.70. The van der Waals surface area contributed by atoms with E-state index in [1.54, 1.807) is 30.5 Å². The van der Waals surface area contributed by atoms with Crippen LogP contribution in [0.5, 0.6) is 0 Å². The first-order valence-corrected chi connectivity index (χ1v) is 10.6. The highest BCUT2D eigenvalue weighted by atomic mass is 16.2. The van der Waals surface area contributed by atoms with Gasteiger partial charge >= 0.3 is 0 Å². The van der Waals surface area contributed by atoms with Gasteiger partial charge in [0.05, 0.1) is 16.5 Å². The number of hydrogen-bond donors (Lipinski definition) is 0. The van der Waals surface area contributed by atoms with Crippen molar-refractivity contribution in [3.8, 4) is 0 Å². The number of piperazine rings is 1. The molecule has 5 rings (SSSR count). The fourth-order valence-electron chi connectivity index (χ4n) is 4.37. The summed E-state index contributed by atoms with van der Waals surface area (Å²) < 4.78 is 1.47. The first-order chi connectivity index (χ1) is 15.0. The minimum Gasteiger partial charge on any atom is -0.365 e.